The number of carbonyl (C=O) groups is 1. The molecule has 1 heterocycles. The SMILES string of the molecule is COc1ccc(C2(C(=O)Nc3ccc(-n4nccn4)cc3)CCCC2)cc1. The maximum atomic E-state index is 13.2. The van der Waals surface area contributed by atoms with Gasteiger partial charge in [0.1, 0.15) is 5.75 Å². The average molecular weight is 362 g/mol. The molecule has 2 aromatic carbocycles. The maximum absolute atomic E-state index is 13.2. The normalized spacial score (nSPS) is 15.4. The van der Waals surface area contributed by atoms with Crippen LogP contribution in [0.4, 0.5) is 5.69 Å². The van der Waals surface area contributed by atoms with E-state index in [1.165, 1.54) is 0 Å². The van der Waals surface area contributed by atoms with Crippen molar-refractivity contribution in [1.29, 1.82) is 0 Å². The van der Waals surface area contributed by atoms with E-state index in [2.05, 4.69) is 15.5 Å². The molecule has 1 N–H and O–H groups in total. The van der Waals surface area contributed by atoms with Crippen LogP contribution in [0.5, 0.6) is 5.75 Å². The third-order valence-corrected chi connectivity index (χ3v) is 5.31. The van der Waals surface area contributed by atoms with E-state index in [0.29, 0.717) is 0 Å². The quantitative estimate of drug-likeness (QED) is 0.751. The van der Waals surface area contributed by atoms with Gasteiger partial charge in [0, 0.05) is 5.69 Å². The van der Waals surface area contributed by atoms with E-state index in [1.807, 2.05) is 48.5 Å². The molecule has 0 saturated heterocycles. The Morgan fingerprint density at radius 1 is 1.00 bits per heavy atom. The number of hydrogen-bond acceptors (Lipinski definition) is 4. The number of amides is 1. The Bertz CT molecular complexity index is 896. The molecular formula is C21H22N4O2. The first-order chi connectivity index (χ1) is 13.2. The zero-order chi connectivity index (χ0) is 18.7. The van der Waals surface area contributed by atoms with Crippen LogP contribution in [-0.2, 0) is 10.2 Å². The molecule has 1 aliphatic carbocycles. The minimum Gasteiger partial charge on any atom is -0.497 e. The van der Waals surface area contributed by atoms with E-state index < -0.39 is 5.41 Å². The summed E-state index contributed by atoms with van der Waals surface area (Å²) in [6.07, 6.45) is 7.11. The number of nitrogens with one attached hydrogen (secondary N) is 1. The second kappa shape index (κ2) is 7.23. The number of aromatic nitrogens is 3. The molecule has 4 rings (SSSR count). The molecule has 1 saturated carbocycles. The van der Waals surface area contributed by atoms with E-state index in [9.17, 15) is 4.79 Å². The highest BCUT2D eigenvalue weighted by molar-refractivity contribution is 5.99. The molecule has 1 aliphatic rings. The summed E-state index contributed by atoms with van der Waals surface area (Å²) in [6.45, 7) is 0. The molecule has 0 unspecified atom stereocenters. The van der Waals surface area contributed by atoms with Crippen LogP contribution in [0.1, 0.15) is 31.2 Å². The van der Waals surface area contributed by atoms with Crippen molar-refractivity contribution in [2.75, 3.05) is 12.4 Å². The van der Waals surface area contributed by atoms with Crippen molar-refractivity contribution in [2.24, 2.45) is 0 Å². The number of carbonyl (C=O) groups excluding carboxylic acids is 1. The van der Waals surface area contributed by atoms with E-state index >= 15 is 0 Å². The standard InChI is InChI=1S/C21H22N4O2/c1-27-19-10-4-16(5-11-19)21(12-2-3-13-21)20(26)24-17-6-8-18(9-7-17)25-22-14-15-23-25/h4-11,14-15H,2-3,12-13H2,1H3,(H,24,26). The molecule has 0 aliphatic heterocycles. The summed E-state index contributed by atoms with van der Waals surface area (Å²) in [5, 5.41) is 11.3. The summed E-state index contributed by atoms with van der Waals surface area (Å²) < 4.78 is 5.25. The van der Waals surface area contributed by atoms with Crippen LogP contribution in [0.2, 0.25) is 0 Å². The monoisotopic (exact) mass is 362 g/mol. The van der Waals surface area contributed by atoms with Crippen molar-refractivity contribution in [3.05, 3.63) is 66.5 Å². The summed E-state index contributed by atoms with van der Waals surface area (Å²) in [5.74, 6) is 0.852. The molecule has 6 nitrogen and oxygen atoms in total. The first-order valence-electron chi connectivity index (χ1n) is 9.14. The minimum atomic E-state index is -0.478. The topological polar surface area (TPSA) is 69.0 Å². The van der Waals surface area contributed by atoms with Crippen LogP contribution in [0, 0.1) is 0 Å². The lowest BCUT2D eigenvalue weighted by molar-refractivity contribution is -0.121. The highest BCUT2D eigenvalue weighted by Gasteiger charge is 2.42. The van der Waals surface area contributed by atoms with Gasteiger partial charge in [-0.15, -0.1) is 0 Å². The van der Waals surface area contributed by atoms with E-state index in [1.54, 1.807) is 24.3 Å². The van der Waals surface area contributed by atoms with Crippen molar-refractivity contribution < 1.29 is 9.53 Å². The first kappa shape index (κ1) is 17.3. The summed E-state index contributed by atoms with van der Waals surface area (Å²) in [5.41, 5.74) is 2.20. The molecule has 1 aromatic heterocycles. The fourth-order valence-corrected chi connectivity index (χ4v) is 3.81. The fraction of sp³-hybridized carbons (Fsp3) is 0.286. The Hall–Kier alpha value is -3.15. The number of anilines is 1. The van der Waals surface area contributed by atoms with E-state index in [-0.39, 0.29) is 5.91 Å². The number of nitrogens with zero attached hydrogens (tertiary/aromatic N) is 3. The molecular weight excluding hydrogens is 340 g/mol. The van der Waals surface area contributed by atoms with Gasteiger partial charge in [-0.2, -0.15) is 15.0 Å². The molecule has 0 spiro atoms. The zero-order valence-corrected chi connectivity index (χ0v) is 15.3. The molecule has 138 valence electrons. The molecule has 1 fully saturated rings. The predicted molar refractivity (Wildman–Crippen MR) is 103 cm³/mol. The summed E-state index contributed by atoms with van der Waals surface area (Å²) in [6, 6.07) is 15.4. The van der Waals surface area contributed by atoms with Crippen molar-refractivity contribution in [3.8, 4) is 11.4 Å². The van der Waals surface area contributed by atoms with Gasteiger partial charge in [-0.1, -0.05) is 25.0 Å². The van der Waals surface area contributed by atoms with Crippen LogP contribution in [0.25, 0.3) is 5.69 Å². The highest BCUT2D eigenvalue weighted by Crippen LogP contribution is 2.42. The molecule has 3 aromatic rings. The van der Waals surface area contributed by atoms with Crippen molar-refractivity contribution in [1.82, 2.24) is 15.0 Å². The Kier molecular flexibility index (Phi) is 4.62. The third kappa shape index (κ3) is 3.30. The molecule has 1 amide bonds. The average Bonchev–Trinajstić information content (AvgIpc) is 3.41. The Morgan fingerprint density at radius 3 is 2.22 bits per heavy atom. The van der Waals surface area contributed by atoms with Gasteiger partial charge in [0.15, 0.2) is 0 Å². The lowest BCUT2D eigenvalue weighted by atomic mass is 9.78. The summed E-state index contributed by atoms with van der Waals surface area (Å²) in [7, 11) is 1.65. The Morgan fingerprint density at radius 2 is 1.63 bits per heavy atom. The fourth-order valence-electron chi connectivity index (χ4n) is 3.81. The second-order valence-electron chi connectivity index (χ2n) is 6.84. The number of rotatable bonds is 5. The van der Waals surface area contributed by atoms with E-state index in [4.69, 9.17) is 4.74 Å². The van der Waals surface area contributed by atoms with Crippen LogP contribution in [0.15, 0.2) is 60.9 Å². The third-order valence-electron chi connectivity index (χ3n) is 5.31. The lowest BCUT2D eigenvalue weighted by Gasteiger charge is -2.28. The van der Waals surface area contributed by atoms with Crippen molar-refractivity contribution >= 4 is 11.6 Å². The Balaban J connectivity index is 1.55. The van der Waals surface area contributed by atoms with Gasteiger partial charge in [-0.3, -0.25) is 4.79 Å². The van der Waals surface area contributed by atoms with E-state index in [0.717, 1.165) is 48.4 Å². The predicted octanol–water partition coefficient (Wildman–Crippen LogP) is 3.73. The van der Waals surface area contributed by atoms with Gasteiger partial charge in [0.2, 0.25) is 5.91 Å². The molecule has 0 bridgehead atoms. The van der Waals surface area contributed by atoms with Crippen molar-refractivity contribution in [2.45, 2.75) is 31.1 Å². The van der Waals surface area contributed by atoms with Gasteiger partial charge in [-0.25, -0.2) is 0 Å². The first-order valence-corrected chi connectivity index (χ1v) is 9.14. The lowest BCUT2D eigenvalue weighted by Crippen LogP contribution is -2.37. The van der Waals surface area contributed by atoms with Gasteiger partial charge in [-0.05, 0) is 54.8 Å². The van der Waals surface area contributed by atoms with Gasteiger partial charge >= 0.3 is 0 Å². The number of ether oxygens (including phenoxy) is 1. The van der Waals surface area contributed by atoms with Gasteiger partial charge < -0.3 is 10.1 Å². The minimum absolute atomic E-state index is 0.0510. The maximum Gasteiger partial charge on any atom is 0.235 e. The molecule has 6 heteroatoms. The molecule has 27 heavy (non-hydrogen) atoms. The molecule has 0 atom stereocenters. The zero-order valence-electron chi connectivity index (χ0n) is 15.3. The van der Waals surface area contributed by atoms with Gasteiger partial charge in [0.25, 0.3) is 0 Å². The molecule has 0 radical (unpaired) electrons. The number of benzene rings is 2. The van der Waals surface area contributed by atoms with Crippen LogP contribution in [-0.4, -0.2) is 28.0 Å². The van der Waals surface area contributed by atoms with Crippen LogP contribution in [0.3, 0.4) is 0 Å². The smallest absolute Gasteiger partial charge is 0.235 e. The van der Waals surface area contributed by atoms with Crippen molar-refractivity contribution in [3.63, 3.8) is 0 Å². The Labute approximate surface area is 158 Å². The van der Waals surface area contributed by atoms with Crippen LogP contribution >= 0.6 is 0 Å². The number of methoxy groups -OCH3 is 1. The summed E-state index contributed by atoms with van der Waals surface area (Å²) in [4.78, 5) is 14.8. The number of hydrogen-bond donors (Lipinski definition) is 1. The van der Waals surface area contributed by atoms with Crippen LogP contribution < -0.4 is 10.1 Å². The highest BCUT2D eigenvalue weighted by atomic mass is 16.5. The largest absolute Gasteiger partial charge is 0.497 e. The summed E-state index contributed by atoms with van der Waals surface area (Å²) >= 11 is 0. The second-order valence-corrected chi connectivity index (χ2v) is 6.84. The van der Waals surface area contributed by atoms with Gasteiger partial charge in [0.05, 0.1) is 30.6 Å².